The van der Waals surface area contributed by atoms with Gasteiger partial charge >= 0.3 is 5.97 Å². The highest BCUT2D eigenvalue weighted by molar-refractivity contribution is 6.02. The molecule has 1 aromatic carbocycles. The quantitative estimate of drug-likeness (QED) is 0.722. The second-order valence-corrected chi connectivity index (χ2v) is 4.74. The molecule has 0 amide bonds. The molecule has 5 nitrogen and oxygen atoms in total. The van der Waals surface area contributed by atoms with Crippen molar-refractivity contribution >= 4 is 22.7 Å². The van der Waals surface area contributed by atoms with Gasteiger partial charge in [0, 0.05) is 29.6 Å². The summed E-state index contributed by atoms with van der Waals surface area (Å²) in [6.07, 6.45) is 1.66. The molecule has 0 aliphatic rings. The van der Waals surface area contributed by atoms with E-state index in [1.807, 2.05) is 0 Å². The number of nitrogens with one attached hydrogen (secondary N) is 1. The lowest BCUT2D eigenvalue weighted by Crippen LogP contribution is -1.95. The van der Waals surface area contributed by atoms with Crippen LogP contribution in [0.3, 0.4) is 0 Å². The number of carboxylic acids is 1. The first-order valence-corrected chi connectivity index (χ1v) is 6.38. The summed E-state index contributed by atoms with van der Waals surface area (Å²) in [7, 11) is 0. The third-order valence-electron chi connectivity index (χ3n) is 3.33. The highest BCUT2D eigenvalue weighted by Crippen LogP contribution is 2.27. The molecular formula is C16H12N2O3. The monoisotopic (exact) mass is 280 g/mol. The number of hydrogen-bond acceptors (Lipinski definition) is 3. The van der Waals surface area contributed by atoms with Gasteiger partial charge in [-0.3, -0.25) is 9.78 Å². The van der Waals surface area contributed by atoms with Crippen LogP contribution in [0.15, 0.2) is 42.6 Å². The van der Waals surface area contributed by atoms with E-state index in [1.54, 1.807) is 30.5 Å². The third kappa shape index (κ3) is 2.29. The fraction of sp³-hybridized carbons (Fsp3) is 0.0625. The van der Waals surface area contributed by atoms with Gasteiger partial charge in [-0.15, -0.1) is 0 Å². The van der Waals surface area contributed by atoms with Crippen LogP contribution in [-0.4, -0.2) is 26.8 Å². The van der Waals surface area contributed by atoms with Gasteiger partial charge in [0.25, 0.3) is 0 Å². The first-order chi connectivity index (χ1) is 10.1. The zero-order chi connectivity index (χ0) is 15.0. The standard InChI is InChI=1S/C16H12N2O3/c1-9(19)14-8-12-13(18-14)6-7-17-15(12)10-2-4-11(5-3-10)16(20)21/h2-8,18H,1H3,(H,20,21). The second-order valence-electron chi connectivity index (χ2n) is 4.74. The Balaban J connectivity index is 2.15. The van der Waals surface area contributed by atoms with E-state index in [-0.39, 0.29) is 11.3 Å². The van der Waals surface area contributed by atoms with Gasteiger partial charge in [0.1, 0.15) is 0 Å². The van der Waals surface area contributed by atoms with E-state index < -0.39 is 5.97 Å². The molecule has 104 valence electrons. The molecule has 3 rings (SSSR count). The predicted octanol–water partition coefficient (Wildman–Crippen LogP) is 3.13. The van der Waals surface area contributed by atoms with Crippen molar-refractivity contribution < 1.29 is 14.7 Å². The molecule has 5 heteroatoms. The Morgan fingerprint density at radius 1 is 1.14 bits per heavy atom. The number of benzene rings is 1. The fourth-order valence-corrected chi connectivity index (χ4v) is 2.24. The summed E-state index contributed by atoms with van der Waals surface area (Å²) in [4.78, 5) is 29.7. The molecular weight excluding hydrogens is 268 g/mol. The molecule has 0 radical (unpaired) electrons. The van der Waals surface area contributed by atoms with Crippen LogP contribution >= 0.6 is 0 Å². The molecule has 0 fully saturated rings. The lowest BCUT2D eigenvalue weighted by molar-refractivity contribution is 0.0696. The third-order valence-corrected chi connectivity index (χ3v) is 3.33. The van der Waals surface area contributed by atoms with Crippen molar-refractivity contribution in [1.29, 1.82) is 0 Å². The van der Waals surface area contributed by atoms with Crippen molar-refractivity contribution in [2.24, 2.45) is 0 Å². The Hall–Kier alpha value is -2.95. The van der Waals surface area contributed by atoms with Crippen LogP contribution in [-0.2, 0) is 0 Å². The van der Waals surface area contributed by atoms with Gasteiger partial charge in [-0.05, 0) is 24.3 Å². The van der Waals surface area contributed by atoms with Gasteiger partial charge in [-0.1, -0.05) is 12.1 Å². The number of ketones is 1. The van der Waals surface area contributed by atoms with Crippen molar-refractivity contribution in [1.82, 2.24) is 9.97 Å². The van der Waals surface area contributed by atoms with Crippen LogP contribution in [0.4, 0.5) is 0 Å². The molecule has 0 spiro atoms. The predicted molar refractivity (Wildman–Crippen MR) is 78.5 cm³/mol. The van der Waals surface area contributed by atoms with Crippen molar-refractivity contribution in [2.75, 3.05) is 0 Å². The summed E-state index contributed by atoms with van der Waals surface area (Å²) in [5.41, 5.74) is 3.10. The van der Waals surface area contributed by atoms with Crippen LogP contribution in [0.2, 0.25) is 0 Å². The number of H-pyrrole nitrogens is 1. The molecule has 0 atom stereocenters. The number of pyridine rings is 1. The molecule has 2 aromatic heterocycles. The molecule has 2 N–H and O–H groups in total. The van der Waals surface area contributed by atoms with E-state index in [4.69, 9.17) is 5.11 Å². The van der Waals surface area contributed by atoms with E-state index in [1.165, 1.54) is 19.1 Å². The van der Waals surface area contributed by atoms with Crippen molar-refractivity contribution in [2.45, 2.75) is 6.92 Å². The summed E-state index contributed by atoms with van der Waals surface area (Å²) in [6.45, 7) is 1.50. The minimum atomic E-state index is -0.965. The lowest BCUT2D eigenvalue weighted by Gasteiger charge is -2.03. The van der Waals surface area contributed by atoms with Gasteiger partial charge in [-0.25, -0.2) is 4.79 Å². The minimum absolute atomic E-state index is 0.0432. The van der Waals surface area contributed by atoms with Crippen LogP contribution in [0.25, 0.3) is 22.2 Å². The minimum Gasteiger partial charge on any atom is -0.478 e. The first kappa shape index (κ1) is 13.1. The number of fused-ring (bicyclic) bond motifs is 1. The molecule has 3 aromatic rings. The first-order valence-electron chi connectivity index (χ1n) is 6.38. The van der Waals surface area contributed by atoms with E-state index in [2.05, 4.69) is 9.97 Å². The van der Waals surface area contributed by atoms with E-state index >= 15 is 0 Å². The number of aromatic nitrogens is 2. The zero-order valence-electron chi connectivity index (χ0n) is 11.3. The molecule has 0 aliphatic carbocycles. The van der Waals surface area contributed by atoms with Crippen molar-refractivity contribution in [3.05, 3.63) is 53.9 Å². The fourth-order valence-electron chi connectivity index (χ4n) is 2.24. The lowest BCUT2D eigenvalue weighted by atomic mass is 10.1. The molecule has 21 heavy (non-hydrogen) atoms. The highest BCUT2D eigenvalue weighted by atomic mass is 16.4. The maximum atomic E-state index is 11.5. The number of Topliss-reactive ketones (excluding diaryl/α,β-unsaturated/α-hetero) is 1. The summed E-state index contributed by atoms with van der Waals surface area (Å²) < 4.78 is 0. The largest absolute Gasteiger partial charge is 0.478 e. The smallest absolute Gasteiger partial charge is 0.335 e. The average Bonchev–Trinajstić information content (AvgIpc) is 2.91. The van der Waals surface area contributed by atoms with Crippen LogP contribution in [0.1, 0.15) is 27.8 Å². The van der Waals surface area contributed by atoms with E-state index in [9.17, 15) is 9.59 Å². The topological polar surface area (TPSA) is 83.1 Å². The molecule has 0 saturated carbocycles. The number of carboxylic acid groups (broad SMARTS) is 1. The number of hydrogen-bond donors (Lipinski definition) is 2. The number of carbonyl (C=O) groups is 2. The number of aromatic carboxylic acids is 1. The number of nitrogens with zero attached hydrogens (tertiary/aromatic N) is 1. The SMILES string of the molecule is CC(=O)c1cc2c(-c3ccc(C(=O)O)cc3)nccc2[nH]1. The van der Waals surface area contributed by atoms with Gasteiger partial charge in [-0.2, -0.15) is 0 Å². The highest BCUT2D eigenvalue weighted by Gasteiger charge is 2.11. The molecule has 2 heterocycles. The molecule has 0 aliphatic heterocycles. The Bertz CT molecular complexity index is 848. The van der Waals surface area contributed by atoms with Crippen molar-refractivity contribution in [3.63, 3.8) is 0 Å². The summed E-state index contributed by atoms with van der Waals surface area (Å²) in [5, 5.41) is 9.76. The van der Waals surface area contributed by atoms with Crippen LogP contribution < -0.4 is 0 Å². The van der Waals surface area contributed by atoms with Crippen LogP contribution in [0, 0.1) is 0 Å². The molecule has 0 unspecified atom stereocenters. The Morgan fingerprint density at radius 2 is 1.86 bits per heavy atom. The van der Waals surface area contributed by atoms with Gasteiger partial charge in [0.2, 0.25) is 0 Å². The Kier molecular flexibility index (Phi) is 3.02. The molecule has 0 bridgehead atoms. The average molecular weight is 280 g/mol. The Morgan fingerprint density at radius 3 is 2.48 bits per heavy atom. The Labute approximate surface area is 120 Å². The number of aromatic amines is 1. The van der Waals surface area contributed by atoms with Crippen LogP contribution in [0.5, 0.6) is 0 Å². The number of rotatable bonds is 3. The normalized spacial score (nSPS) is 10.7. The van der Waals surface area contributed by atoms with Crippen molar-refractivity contribution in [3.8, 4) is 11.3 Å². The summed E-state index contributed by atoms with van der Waals surface area (Å²) in [6, 6.07) is 10.1. The zero-order valence-corrected chi connectivity index (χ0v) is 11.3. The summed E-state index contributed by atoms with van der Waals surface area (Å²) in [5.74, 6) is -1.01. The van der Waals surface area contributed by atoms with Gasteiger partial charge in [0.05, 0.1) is 17.0 Å². The van der Waals surface area contributed by atoms with Gasteiger partial charge < -0.3 is 10.1 Å². The maximum absolute atomic E-state index is 11.5. The van der Waals surface area contributed by atoms with Gasteiger partial charge in [0.15, 0.2) is 5.78 Å². The van der Waals surface area contributed by atoms with E-state index in [0.29, 0.717) is 11.4 Å². The summed E-state index contributed by atoms with van der Waals surface area (Å²) >= 11 is 0. The number of carbonyl (C=O) groups excluding carboxylic acids is 1. The molecule has 0 saturated heterocycles. The van der Waals surface area contributed by atoms with E-state index in [0.717, 1.165) is 16.5 Å². The second kappa shape index (κ2) is 4.86. The maximum Gasteiger partial charge on any atom is 0.335 e.